The predicted molar refractivity (Wildman–Crippen MR) is 294 cm³/mol. The van der Waals surface area contributed by atoms with Gasteiger partial charge in [-0.3, -0.25) is 14.4 Å². The van der Waals surface area contributed by atoms with E-state index in [0.717, 1.165) is 122 Å². The highest BCUT2D eigenvalue weighted by Crippen LogP contribution is 2.26. The smallest absolute Gasteiger partial charge is 0.335 e. The van der Waals surface area contributed by atoms with Crippen LogP contribution in [0.15, 0.2) is 48.6 Å². The lowest BCUT2D eigenvalue weighted by atomic mass is 9.98. The quantitative estimate of drug-likeness (QED) is 0.0228. The average molecular weight is 1030 g/mol. The number of hydrogen-bond acceptors (Lipinski definition) is 11. The summed E-state index contributed by atoms with van der Waals surface area (Å²) in [7, 11) is 0. The Morgan fingerprint density at radius 1 is 0.452 bits per heavy atom. The van der Waals surface area contributed by atoms with E-state index in [4.69, 9.17) is 23.7 Å². The van der Waals surface area contributed by atoms with Gasteiger partial charge < -0.3 is 39.0 Å². The van der Waals surface area contributed by atoms with E-state index in [2.05, 4.69) is 69.4 Å². The zero-order valence-corrected chi connectivity index (χ0v) is 46.4. The molecule has 1 fully saturated rings. The van der Waals surface area contributed by atoms with E-state index < -0.39 is 67.3 Å². The Labute approximate surface area is 443 Å². The van der Waals surface area contributed by atoms with Crippen LogP contribution in [0.2, 0.25) is 0 Å². The first-order valence-corrected chi connectivity index (χ1v) is 29.6. The third-order valence-corrected chi connectivity index (χ3v) is 13.3. The number of aliphatic hydroxyl groups excluding tert-OH is 2. The number of ether oxygens (including phenoxy) is 5. The zero-order chi connectivity index (χ0) is 53.3. The second-order valence-electron chi connectivity index (χ2n) is 20.3. The lowest BCUT2D eigenvalue weighted by molar-refractivity contribution is -0.301. The molecule has 0 radical (unpaired) electrons. The van der Waals surface area contributed by atoms with Crippen LogP contribution < -0.4 is 0 Å². The molecular formula is C61H106O12. The van der Waals surface area contributed by atoms with Crippen LogP contribution in [0.25, 0.3) is 0 Å². The van der Waals surface area contributed by atoms with E-state index in [-0.39, 0.29) is 25.9 Å². The largest absolute Gasteiger partial charge is 0.479 e. The topological polar surface area (TPSA) is 175 Å². The fourth-order valence-electron chi connectivity index (χ4n) is 8.73. The van der Waals surface area contributed by atoms with Gasteiger partial charge in [0.05, 0.1) is 6.61 Å². The number of carboxylic acids is 1. The minimum absolute atomic E-state index is 0.0572. The standard InChI is InChI=1S/C61H106O12/c1-4-7-10-13-16-19-22-24-25-26-27-28-29-31-34-37-40-43-46-49-55(64)72-59-57(66)56(65)58(60(67)68)73-61(59)70-51-52(71-54(63)48-45-42-39-36-32-21-18-15-12-9-6-3)50-69-53(62)47-44-41-38-35-33-30-23-20-17-14-11-8-5-2/h11,14-15,18,20,23-25,52,56-59,61,65-66H,4-10,12-13,16-17,19,21-22,26-51H2,1-3H3,(H,67,68)/b14-11-,18-15-,23-20-,25-24-. The van der Waals surface area contributed by atoms with Gasteiger partial charge in [0, 0.05) is 19.3 Å². The van der Waals surface area contributed by atoms with Crippen molar-refractivity contribution in [1.82, 2.24) is 0 Å². The van der Waals surface area contributed by atoms with Crippen molar-refractivity contribution in [1.29, 1.82) is 0 Å². The van der Waals surface area contributed by atoms with Crippen LogP contribution in [0.5, 0.6) is 0 Å². The number of carbonyl (C=O) groups is 4. The van der Waals surface area contributed by atoms with Crippen molar-refractivity contribution in [2.24, 2.45) is 0 Å². The lowest BCUT2D eigenvalue weighted by Gasteiger charge is -2.40. The summed E-state index contributed by atoms with van der Waals surface area (Å²) in [5.74, 6) is -3.14. The minimum atomic E-state index is -1.90. The molecule has 12 nitrogen and oxygen atoms in total. The van der Waals surface area contributed by atoms with E-state index in [9.17, 15) is 34.5 Å². The number of aliphatic hydroxyl groups is 2. The van der Waals surface area contributed by atoms with Gasteiger partial charge in [-0.1, -0.05) is 204 Å². The minimum Gasteiger partial charge on any atom is -0.479 e. The molecule has 1 heterocycles. The molecule has 0 aromatic heterocycles. The highest BCUT2D eigenvalue weighted by Gasteiger charge is 2.50. The predicted octanol–water partition coefficient (Wildman–Crippen LogP) is 15.0. The fourth-order valence-corrected chi connectivity index (χ4v) is 8.73. The number of hydrogen-bond donors (Lipinski definition) is 3. The van der Waals surface area contributed by atoms with Gasteiger partial charge in [0.15, 0.2) is 24.6 Å². The molecule has 0 aliphatic carbocycles. The maximum Gasteiger partial charge on any atom is 0.335 e. The lowest BCUT2D eigenvalue weighted by Crippen LogP contribution is -2.61. The van der Waals surface area contributed by atoms with Crippen LogP contribution in [-0.4, -0.2) is 89.2 Å². The monoisotopic (exact) mass is 1030 g/mol. The van der Waals surface area contributed by atoms with Crippen molar-refractivity contribution in [3.8, 4) is 0 Å². The van der Waals surface area contributed by atoms with E-state index in [1.54, 1.807) is 0 Å². The van der Waals surface area contributed by atoms with Gasteiger partial charge in [0.2, 0.25) is 0 Å². The van der Waals surface area contributed by atoms with Crippen LogP contribution in [0.1, 0.15) is 265 Å². The zero-order valence-electron chi connectivity index (χ0n) is 46.4. The van der Waals surface area contributed by atoms with Crippen LogP contribution in [0.3, 0.4) is 0 Å². The normalized spacial score (nSPS) is 18.6. The van der Waals surface area contributed by atoms with Crippen molar-refractivity contribution in [3.05, 3.63) is 48.6 Å². The molecule has 3 N–H and O–H groups in total. The van der Waals surface area contributed by atoms with E-state index in [1.807, 2.05) is 0 Å². The molecule has 0 bridgehead atoms. The molecule has 12 heteroatoms. The van der Waals surface area contributed by atoms with E-state index in [0.29, 0.717) is 19.3 Å². The maximum atomic E-state index is 13.1. The molecule has 422 valence electrons. The molecule has 1 aliphatic rings. The number of allylic oxidation sites excluding steroid dienone is 8. The Morgan fingerprint density at radius 2 is 0.863 bits per heavy atom. The first kappa shape index (κ1) is 67.7. The van der Waals surface area contributed by atoms with Crippen LogP contribution in [0.4, 0.5) is 0 Å². The van der Waals surface area contributed by atoms with E-state index >= 15 is 0 Å². The van der Waals surface area contributed by atoms with Crippen molar-refractivity contribution in [2.45, 2.75) is 302 Å². The first-order valence-electron chi connectivity index (χ1n) is 29.6. The molecule has 1 aliphatic heterocycles. The number of unbranched alkanes of at least 4 members (excludes halogenated alkanes) is 28. The number of aliphatic carboxylic acids is 1. The third kappa shape index (κ3) is 39.7. The van der Waals surface area contributed by atoms with Crippen LogP contribution >= 0.6 is 0 Å². The molecule has 1 rings (SSSR count). The third-order valence-electron chi connectivity index (χ3n) is 13.3. The summed E-state index contributed by atoms with van der Waals surface area (Å²) >= 11 is 0. The summed E-state index contributed by atoms with van der Waals surface area (Å²) in [4.78, 5) is 51.0. The number of carbonyl (C=O) groups excluding carboxylic acids is 3. The summed E-state index contributed by atoms with van der Waals surface area (Å²) in [6, 6.07) is 0. The highest BCUT2D eigenvalue weighted by molar-refractivity contribution is 5.74. The van der Waals surface area contributed by atoms with Crippen molar-refractivity contribution >= 4 is 23.9 Å². The SMILES string of the molecule is CCC/C=C\C/C=C\CCCCCCCC(=O)OCC(COC1OC(C(=O)O)C(O)C(O)C1OC(=O)CCCCCCCCCCC/C=C\CCCCCCCC)OC(=O)CCCCCCC/C=C\CCCC. The molecule has 0 spiro atoms. The van der Waals surface area contributed by atoms with Gasteiger partial charge in [0.25, 0.3) is 0 Å². The highest BCUT2D eigenvalue weighted by atomic mass is 16.7. The molecule has 0 saturated carbocycles. The molecule has 0 aromatic carbocycles. The van der Waals surface area contributed by atoms with Crippen LogP contribution in [-0.2, 0) is 42.9 Å². The second kappa shape index (κ2) is 49.6. The average Bonchev–Trinajstić information content (AvgIpc) is 3.37. The van der Waals surface area contributed by atoms with E-state index in [1.165, 1.54) is 83.5 Å². The van der Waals surface area contributed by atoms with Gasteiger partial charge in [-0.2, -0.15) is 0 Å². The van der Waals surface area contributed by atoms with Gasteiger partial charge in [-0.25, -0.2) is 4.79 Å². The summed E-state index contributed by atoms with van der Waals surface area (Å²) in [5, 5.41) is 31.5. The van der Waals surface area contributed by atoms with Crippen LogP contribution in [0, 0.1) is 0 Å². The molecule has 1 saturated heterocycles. The summed E-state index contributed by atoms with van der Waals surface area (Å²) in [5.41, 5.74) is 0. The summed E-state index contributed by atoms with van der Waals surface area (Å²) in [6.07, 6.45) is 46.6. The Bertz CT molecular complexity index is 1460. The molecular weight excluding hydrogens is 925 g/mol. The fraction of sp³-hybridized carbons (Fsp3) is 0.803. The number of carboxylic acid groups (broad SMARTS) is 1. The first-order chi connectivity index (χ1) is 35.6. The number of esters is 3. The second-order valence-corrected chi connectivity index (χ2v) is 20.3. The Hall–Kier alpha value is -3.32. The van der Waals surface area contributed by atoms with Crippen molar-refractivity contribution < 1.29 is 58.2 Å². The van der Waals surface area contributed by atoms with Gasteiger partial charge in [-0.05, 0) is 89.9 Å². The molecule has 6 atom stereocenters. The molecule has 73 heavy (non-hydrogen) atoms. The molecule has 6 unspecified atom stereocenters. The van der Waals surface area contributed by atoms with Gasteiger partial charge >= 0.3 is 23.9 Å². The van der Waals surface area contributed by atoms with Crippen molar-refractivity contribution in [2.75, 3.05) is 13.2 Å². The Balaban J connectivity index is 2.65. The summed E-state index contributed by atoms with van der Waals surface area (Å²) in [6.45, 7) is 5.87. The molecule has 0 aromatic rings. The Kier molecular flexibility index (Phi) is 45.9. The number of rotatable bonds is 50. The van der Waals surface area contributed by atoms with Crippen molar-refractivity contribution in [3.63, 3.8) is 0 Å². The van der Waals surface area contributed by atoms with Gasteiger partial charge in [-0.15, -0.1) is 0 Å². The Morgan fingerprint density at radius 3 is 1.34 bits per heavy atom. The molecule has 0 amide bonds. The maximum absolute atomic E-state index is 13.1. The van der Waals surface area contributed by atoms with Gasteiger partial charge in [0.1, 0.15) is 18.8 Å². The summed E-state index contributed by atoms with van der Waals surface area (Å²) < 4.78 is 28.4.